The minimum Gasteiger partial charge on any atom is -0.464 e. The Labute approximate surface area is 142 Å². The van der Waals surface area contributed by atoms with Gasteiger partial charge in [0.25, 0.3) is 0 Å². The molecule has 0 saturated carbocycles. The number of fused-ring (bicyclic) bond motifs is 1. The summed E-state index contributed by atoms with van der Waals surface area (Å²) in [4.78, 5) is 2.27. The SMILES string of the molecule is Cc1ccc(N(c2ccc(C)cc2)c2ccc3occc3c2)cc1. The van der Waals surface area contributed by atoms with Crippen molar-refractivity contribution in [2.45, 2.75) is 13.8 Å². The van der Waals surface area contributed by atoms with Crippen molar-refractivity contribution in [1.82, 2.24) is 0 Å². The monoisotopic (exact) mass is 313 g/mol. The van der Waals surface area contributed by atoms with E-state index in [0.717, 1.165) is 28.0 Å². The molecule has 0 aliphatic rings. The highest BCUT2D eigenvalue weighted by atomic mass is 16.3. The summed E-state index contributed by atoms with van der Waals surface area (Å²) in [6, 6.07) is 25.5. The first kappa shape index (κ1) is 14.6. The van der Waals surface area contributed by atoms with E-state index in [9.17, 15) is 0 Å². The molecule has 0 aliphatic heterocycles. The van der Waals surface area contributed by atoms with Gasteiger partial charge >= 0.3 is 0 Å². The van der Waals surface area contributed by atoms with Crippen molar-refractivity contribution in [3.8, 4) is 0 Å². The number of aryl methyl sites for hydroxylation is 2. The minimum atomic E-state index is 0.909. The maximum Gasteiger partial charge on any atom is 0.133 e. The molecule has 0 radical (unpaired) electrons. The average Bonchev–Trinajstić information content (AvgIpc) is 3.06. The first-order valence-corrected chi connectivity index (χ1v) is 8.11. The van der Waals surface area contributed by atoms with Gasteiger partial charge in [0.1, 0.15) is 5.58 Å². The third kappa shape index (κ3) is 2.67. The van der Waals surface area contributed by atoms with Gasteiger partial charge in [-0.25, -0.2) is 0 Å². The van der Waals surface area contributed by atoms with E-state index in [2.05, 4.69) is 79.4 Å². The lowest BCUT2D eigenvalue weighted by atomic mass is 10.1. The van der Waals surface area contributed by atoms with Crippen LogP contribution in [0, 0.1) is 13.8 Å². The fourth-order valence-corrected chi connectivity index (χ4v) is 2.93. The highest BCUT2D eigenvalue weighted by Crippen LogP contribution is 2.36. The predicted molar refractivity (Wildman–Crippen MR) is 100 cm³/mol. The second-order valence-corrected chi connectivity index (χ2v) is 6.15. The summed E-state index contributed by atoms with van der Waals surface area (Å²) < 4.78 is 5.48. The number of hydrogen-bond acceptors (Lipinski definition) is 2. The molecule has 4 aromatic rings. The van der Waals surface area contributed by atoms with E-state index in [1.807, 2.05) is 12.1 Å². The highest BCUT2D eigenvalue weighted by Gasteiger charge is 2.13. The van der Waals surface area contributed by atoms with Gasteiger partial charge in [-0.15, -0.1) is 0 Å². The topological polar surface area (TPSA) is 16.4 Å². The largest absolute Gasteiger partial charge is 0.464 e. The number of benzene rings is 3. The molecule has 2 nitrogen and oxygen atoms in total. The van der Waals surface area contributed by atoms with Crippen LogP contribution in [0.15, 0.2) is 83.5 Å². The molecule has 0 fully saturated rings. The van der Waals surface area contributed by atoms with E-state index < -0.39 is 0 Å². The minimum absolute atomic E-state index is 0.909. The third-order valence-electron chi connectivity index (χ3n) is 4.28. The molecule has 0 saturated heterocycles. The number of anilines is 3. The number of furan rings is 1. The first-order valence-electron chi connectivity index (χ1n) is 8.11. The van der Waals surface area contributed by atoms with Gasteiger partial charge < -0.3 is 9.32 Å². The van der Waals surface area contributed by atoms with Gasteiger partial charge in [0, 0.05) is 22.4 Å². The van der Waals surface area contributed by atoms with Crippen LogP contribution in [-0.4, -0.2) is 0 Å². The van der Waals surface area contributed by atoms with E-state index >= 15 is 0 Å². The van der Waals surface area contributed by atoms with E-state index in [1.165, 1.54) is 11.1 Å². The number of hydrogen-bond donors (Lipinski definition) is 0. The van der Waals surface area contributed by atoms with Gasteiger partial charge in [-0.3, -0.25) is 0 Å². The molecule has 0 spiro atoms. The smallest absolute Gasteiger partial charge is 0.133 e. The molecule has 0 bridgehead atoms. The highest BCUT2D eigenvalue weighted by molar-refractivity contribution is 5.86. The molecular weight excluding hydrogens is 294 g/mol. The summed E-state index contributed by atoms with van der Waals surface area (Å²) in [5.41, 5.74) is 6.84. The zero-order valence-electron chi connectivity index (χ0n) is 13.9. The molecule has 0 atom stereocenters. The summed E-state index contributed by atoms with van der Waals surface area (Å²) in [7, 11) is 0. The maximum absolute atomic E-state index is 5.48. The van der Waals surface area contributed by atoms with Gasteiger partial charge in [0.2, 0.25) is 0 Å². The van der Waals surface area contributed by atoms with Crippen LogP contribution in [0.2, 0.25) is 0 Å². The zero-order valence-corrected chi connectivity index (χ0v) is 13.9. The summed E-state index contributed by atoms with van der Waals surface area (Å²) in [5.74, 6) is 0. The second-order valence-electron chi connectivity index (χ2n) is 6.15. The summed E-state index contributed by atoms with van der Waals surface area (Å²) in [6.45, 7) is 4.22. The molecule has 2 heteroatoms. The molecule has 0 amide bonds. The number of nitrogens with zero attached hydrogens (tertiary/aromatic N) is 1. The van der Waals surface area contributed by atoms with Crippen molar-refractivity contribution in [1.29, 1.82) is 0 Å². The molecule has 118 valence electrons. The Kier molecular flexibility index (Phi) is 3.58. The first-order chi connectivity index (χ1) is 11.7. The van der Waals surface area contributed by atoms with Crippen LogP contribution >= 0.6 is 0 Å². The van der Waals surface area contributed by atoms with E-state index in [1.54, 1.807) is 6.26 Å². The van der Waals surface area contributed by atoms with Gasteiger partial charge in [-0.1, -0.05) is 35.4 Å². The van der Waals surface area contributed by atoms with E-state index in [-0.39, 0.29) is 0 Å². The summed E-state index contributed by atoms with van der Waals surface area (Å²) in [6.07, 6.45) is 1.73. The molecular formula is C22H19NO. The van der Waals surface area contributed by atoms with Crippen LogP contribution in [-0.2, 0) is 0 Å². The third-order valence-corrected chi connectivity index (χ3v) is 4.28. The zero-order chi connectivity index (χ0) is 16.5. The fourth-order valence-electron chi connectivity index (χ4n) is 2.93. The Bertz CT molecular complexity index is 919. The average molecular weight is 313 g/mol. The van der Waals surface area contributed by atoms with Crippen LogP contribution in [0.5, 0.6) is 0 Å². The molecule has 1 aromatic heterocycles. The van der Waals surface area contributed by atoms with Crippen molar-refractivity contribution in [2.75, 3.05) is 4.90 Å². The lowest BCUT2D eigenvalue weighted by molar-refractivity contribution is 0.616. The Morgan fingerprint density at radius 1 is 0.625 bits per heavy atom. The van der Waals surface area contributed by atoms with Gasteiger partial charge in [0.15, 0.2) is 0 Å². The van der Waals surface area contributed by atoms with Crippen LogP contribution in [0.1, 0.15) is 11.1 Å². The predicted octanol–water partition coefficient (Wildman–Crippen LogP) is 6.52. The molecule has 1 heterocycles. The van der Waals surface area contributed by atoms with Crippen molar-refractivity contribution in [2.24, 2.45) is 0 Å². The number of rotatable bonds is 3. The fraction of sp³-hybridized carbons (Fsp3) is 0.0909. The Balaban J connectivity index is 1.88. The van der Waals surface area contributed by atoms with E-state index in [0.29, 0.717) is 0 Å². The van der Waals surface area contributed by atoms with Crippen molar-refractivity contribution >= 4 is 28.0 Å². The van der Waals surface area contributed by atoms with Crippen LogP contribution in [0.25, 0.3) is 11.0 Å². The van der Waals surface area contributed by atoms with Gasteiger partial charge in [0.05, 0.1) is 6.26 Å². The van der Waals surface area contributed by atoms with Crippen LogP contribution in [0.3, 0.4) is 0 Å². The van der Waals surface area contributed by atoms with Crippen molar-refractivity contribution < 1.29 is 4.42 Å². The molecule has 4 rings (SSSR count). The normalized spacial score (nSPS) is 10.9. The Hall–Kier alpha value is -3.00. The lowest BCUT2D eigenvalue weighted by Gasteiger charge is -2.25. The van der Waals surface area contributed by atoms with Crippen molar-refractivity contribution in [3.05, 3.63) is 90.2 Å². The molecule has 24 heavy (non-hydrogen) atoms. The molecule has 0 unspecified atom stereocenters. The summed E-state index contributed by atoms with van der Waals surface area (Å²) in [5, 5.41) is 1.11. The van der Waals surface area contributed by atoms with Crippen LogP contribution in [0.4, 0.5) is 17.1 Å². The van der Waals surface area contributed by atoms with Crippen LogP contribution < -0.4 is 4.90 Å². The van der Waals surface area contributed by atoms with Gasteiger partial charge in [-0.2, -0.15) is 0 Å². The Morgan fingerprint density at radius 3 is 1.75 bits per heavy atom. The second kappa shape index (κ2) is 5.89. The molecule has 3 aromatic carbocycles. The van der Waals surface area contributed by atoms with Gasteiger partial charge in [-0.05, 0) is 62.4 Å². The lowest BCUT2D eigenvalue weighted by Crippen LogP contribution is -2.09. The summed E-state index contributed by atoms with van der Waals surface area (Å²) >= 11 is 0. The Morgan fingerprint density at radius 2 is 1.17 bits per heavy atom. The quantitative estimate of drug-likeness (QED) is 0.428. The molecule has 0 N–H and O–H groups in total. The van der Waals surface area contributed by atoms with Crippen molar-refractivity contribution in [3.63, 3.8) is 0 Å². The molecule has 0 aliphatic carbocycles. The maximum atomic E-state index is 5.48. The van der Waals surface area contributed by atoms with E-state index in [4.69, 9.17) is 4.42 Å². The standard InChI is InChI=1S/C22H19NO/c1-16-3-7-19(8-4-16)23(20-9-5-17(2)6-10-20)21-11-12-22-18(15-21)13-14-24-22/h3-15H,1-2H3.